The van der Waals surface area contributed by atoms with Gasteiger partial charge in [-0.1, -0.05) is 0 Å². The second-order valence-corrected chi connectivity index (χ2v) is 3.94. The molecular weight excluding hydrogens is 216 g/mol. The average molecular weight is 227 g/mol. The van der Waals surface area contributed by atoms with Crippen molar-refractivity contribution in [3.8, 4) is 0 Å². The van der Waals surface area contributed by atoms with Gasteiger partial charge in [0.2, 0.25) is 0 Å². The maximum atomic E-state index is 10.5. The van der Waals surface area contributed by atoms with Crippen molar-refractivity contribution in [3.63, 3.8) is 0 Å². The summed E-state index contributed by atoms with van der Waals surface area (Å²) >= 11 is -2.74. The molecule has 0 saturated carbocycles. The normalized spacial score (nSPS) is 46.2. The first kappa shape index (κ1) is 12.0. The summed E-state index contributed by atoms with van der Waals surface area (Å²) in [5, 5.41) is 36.3. The van der Waals surface area contributed by atoms with Gasteiger partial charge in [0, 0.05) is 0 Å². The van der Waals surface area contributed by atoms with E-state index < -0.39 is 47.5 Å². The Morgan fingerprint density at radius 2 is 1.79 bits per heavy atom. The highest BCUT2D eigenvalue weighted by Crippen LogP contribution is 2.22. The molecule has 0 radical (unpaired) electrons. The van der Waals surface area contributed by atoms with Crippen LogP contribution in [0.5, 0.6) is 0 Å². The van der Waals surface area contributed by atoms with Gasteiger partial charge < -0.3 is 29.7 Å². The molecule has 0 spiro atoms. The Balaban J connectivity index is 2.78. The second-order valence-electron chi connectivity index (χ2n) is 2.96. The molecule has 1 saturated heterocycles. The number of rotatable bonds is 2. The van der Waals surface area contributed by atoms with E-state index in [1.807, 2.05) is 0 Å². The Labute approximate surface area is 82.2 Å². The van der Waals surface area contributed by atoms with Gasteiger partial charge >= 0.3 is 0 Å². The topological polar surface area (TPSA) is 130 Å². The highest BCUT2D eigenvalue weighted by Gasteiger charge is 2.43. The van der Waals surface area contributed by atoms with Crippen molar-refractivity contribution < 1.29 is 33.9 Å². The fourth-order valence-corrected chi connectivity index (χ4v) is 1.85. The van der Waals surface area contributed by atoms with Gasteiger partial charge in [0.05, 0.1) is 6.61 Å². The molecule has 1 fully saturated rings. The van der Waals surface area contributed by atoms with Crippen molar-refractivity contribution in [3.05, 3.63) is 0 Å². The maximum absolute atomic E-state index is 10.5. The molecule has 1 aliphatic heterocycles. The summed E-state index contributed by atoms with van der Waals surface area (Å²) in [4.78, 5) is 0. The molecule has 2 unspecified atom stereocenters. The predicted molar refractivity (Wildman–Crippen MR) is 42.7 cm³/mol. The summed E-state index contributed by atoms with van der Waals surface area (Å²) in [6.07, 6.45) is -6.08. The van der Waals surface area contributed by atoms with Crippen LogP contribution in [0.2, 0.25) is 0 Å². The first-order chi connectivity index (χ1) is 6.49. The lowest BCUT2D eigenvalue weighted by Crippen LogP contribution is -2.59. The third-order valence-electron chi connectivity index (χ3n) is 2.04. The summed E-state index contributed by atoms with van der Waals surface area (Å²) in [5.41, 5.74) is -1.63. The maximum Gasteiger partial charge on any atom is 0.148 e. The Kier molecular flexibility index (Phi) is 3.95. The van der Waals surface area contributed by atoms with Crippen molar-refractivity contribution in [1.29, 1.82) is 0 Å². The third kappa shape index (κ3) is 2.11. The van der Waals surface area contributed by atoms with Gasteiger partial charge in [-0.15, -0.1) is 0 Å². The van der Waals surface area contributed by atoms with E-state index in [1.165, 1.54) is 0 Å². The van der Waals surface area contributed by atoms with Crippen LogP contribution in [-0.2, 0) is 15.8 Å². The monoisotopic (exact) mass is 227 g/mol. The molecule has 6 atom stereocenters. The molecular formula is C6H11O7S-. The first-order valence-corrected chi connectivity index (χ1v) is 5.01. The molecule has 1 aliphatic rings. The minimum absolute atomic E-state index is 0.640. The van der Waals surface area contributed by atoms with E-state index in [4.69, 9.17) is 5.11 Å². The van der Waals surface area contributed by atoms with E-state index in [2.05, 4.69) is 4.74 Å². The van der Waals surface area contributed by atoms with Gasteiger partial charge in [-0.25, -0.2) is 0 Å². The molecule has 4 N–H and O–H groups in total. The lowest BCUT2D eigenvalue weighted by Gasteiger charge is -2.40. The molecule has 8 heteroatoms. The van der Waals surface area contributed by atoms with Crippen molar-refractivity contribution in [2.75, 3.05) is 6.61 Å². The van der Waals surface area contributed by atoms with Crippen LogP contribution in [0.1, 0.15) is 0 Å². The Bertz CT molecular complexity index is 220. The molecule has 1 rings (SSSR count). The lowest BCUT2D eigenvalue weighted by atomic mass is 10.0. The molecule has 0 aliphatic carbocycles. The van der Waals surface area contributed by atoms with Gasteiger partial charge in [0.25, 0.3) is 0 Å². The van der Waals surface area contributed by atoms with Gasteiger partial charge in [0.1, 0.15) is 29.9 Å². The minimum atomic E-state index is -2.74. The largest absolute Gasteiger partial charge is 0.770 e. The smallest absolute Gasteiger partial charge is 0.148 e. The fraction of sp³-hybridized carbons (Fsp3) is 1.00. The molecule has 0 aromatic heterocycles. The lowest BCUT2D eigenvalue weighted by molar-refractivity contribution is -0.207. The van der Waals surface area contributed by atoms with Crippen LogP contribution < -0.4 is 0 Å². The van der Waals surface area contributed by atoms with Crippen LogP contribution in [0.3, 0.4) is 0 Å². The zero-order chi connectivity index (χ0) is 10.9. The highest BCUT2D eigenvalue weighted by molar-refractivity contribution is 7.79. The van der Waals surface area contributed by atoms with E-state index in [1.54, 1.807) is 0 Å². The SMILES string of the molecule is O=S([O-])C1O[C@H](CO)[C@H](O)[C@H](O)[C@H]1O. The molecule has 0 amide bonds. The molecule has 14 heavy (non-hydrogen) atoms. The molecule has 84 valence electrons. The minimum Gasteiger partial charge on any atom is -0.770 e. The van der Waals surface area contributed by atoms with Crippen LogP contribution in [0, 0.1) is 0 Å². The molecule has 0 bridgehead atoms. The van der Waals surface area contributed by atoms with Crippen LogP contribution >= 0.6 is 0 Å². The van der Waals surface area contributed by atoms with Gasteiger partial charge in [-0.2, -0.15) is 0 Å². The standard InChI is InChI=1S/C6H12O7S/c7-1-2-3(8)4(9)5(10)6(13-2)14(11)12/h2-10H,1H2,(H,11,12)/p-1/t2-,3+,4+,5-,6?/m1/s1. The summed E-state index contributed by atoms with van der Waals surface area (Å²) in [6, 6.07) is 0. The van der Waals surface area contributed by atoms with Crippen LogP contribution in [0.25, 0.3) is 0 Å². The van der Waals surface area contributed by atoms with Crippen molar-refractivity contribution in [2.24, 2.45) is 0 Å². The van der Waals surface area contributed by atoms with Crippen LogP contribution in [0.4, 0.5) is 0 Å². The Hall–Kier alpha value is -0.0900. The van der Waals surface area contributed by atoms with E-state index in [0.717, 1.165) is 0 Å². The van der Waals surface area contributed by atoms with E-state index >= 15 is 0 Å². The zero-order valence-electron chi connectivity index (χ0n) is 7.02. The quantitative estimate of drug-likeness (QED) is 0.363. The molecule has 7 nitrogen and oxygen atoms in total. The number of aliphatic hydroxyl groups is 4. The number of ether oxygens (including phenoxy) is 1. The van der Waals surface area contributed by atoms with Crippen LogP contribution in [-0.4, -0.2) is 65.6 Å². The second kappa shape index (κ2) is 4.62. The number of hydrogen-bond acceptors (Lipinski definition) is 7. The first-order valence-electron chi connectivity index (χ1n) is 3.87. The zero-order valence-corrected chi connectivity index (χ0v) is 7.83. The van der Waals surface area contributed by atoms with Crippen molar-refractivity contribution in [1.82, 2.24) is 0 Å². The van der Waals surface area contributed by atoms with Crippen molar-refractivity contribution in [2.45, 2.75) is 29.9 Å². The average Bonchev–Trinajstić information content (AvgIpc) is 2.14. The molecule has 0 aromatic carbocycles. The molecule has 0 aromatic rings. The number of hydrogen-bond donors (Lipinski definition) is 4. The van der Waals surface area contributed by atoms with Gasteiger partial charge in [0.15, 0.2) is 0 Å². The summed E-state index contributed by atoms with van der Waals surface area (Å²) < 4.78 is 25.7. The van der Waals surface area contributed by atoms with E-state index in [-0.39, 0.29) is 0 Å². The molecule has 1 heterocycles. The van der Waals surface area contributed by atoms with Crippen LogP contribution in [0.15, 0.2) is 0 Å². The third-order valence-corrected chi connectivity index (χ3v) is 2.81. The van der Waals surface area contributed by atoms with Gasteiger partial charge in [-0.3, -0.25) is 4.21 Å². The van der Waals surface area contributed by atoms with Crippen molar-refractivity contribution >= 4 is 11.1 Å². The number of aliphatic hydroxyl groups excluding tert-OH is 4. The van der Waals surface area contributed by atoms with E-state index in [9.17, 15) is 24.1 Å². The van der Waals surface area contributed by atoms with E-state index in [0.29, 0.717) is 0 Å². The predicted octanol–water partition coefficient (Wildman–Crippen LogP) is -3.33. The highest BCUT2D eigenvalue weighted by atomic mass is 32.2. The Morgan fingerprint density at radius 3 is 2.21 bits per heavy atom. The van der Waals surface area contributed by atoms with Gasteiger partial charge in [-0.05, 0) is 11.1 Å². The summed E-state index contributed by atoms with van der Waals surface area (Å²) in [6.45, 7) is -0.640. The summed E-state index contributed by atoms with van der Waals surface area (Å²) in [7, 11) is 0. The summed E-state index contributed by atoms with van der Waals surface area (Å²) in [5.74, 6) is 0. The fourth-order valence-electron chi connectivity index (χ4n) is 1.23. The Morgan fingerprint density at radius 1 is 1.21 bits per heavy atom.